The molecule has 0 aliphatic heterocycles. The summed E-state index contributed by atoms with van der Waals surface area (Å²) in [5.41, 5.74) is 0.361. The molecule has 0 aromatic heterocycles. The Hall–Kier alpha value is -1.91. The van der Waals surface area contributed by atoms with Gasteiger partial charge in [0.1, 0.15) is 25.1 Å². The van der Waals surface area contributed by atoms with Crippen molar-refractivity contribution in [3.63, 3.8) is 0 Å². The Morgan fingerprint density at radius 3 is 2.38 bits per heavy atom. The van der Waals surface area contributed by atoms with Crippen LogP contribution in [0.15, 0.2) is 24.3 Å². The van der Waals surface area contributed by atoms with E-state index in [4.69, 9.17) is 15.3 Å². The smallest absolute Gasteiger partial charge is 0.269 e. The first kappa shape index (κ1) is 17.1. The van der Waals surface area contributed by atoms with Gasteiger partial charge in [0.25, 0.3) is 5.69 Å². The Balaban J connectivity index is 2.67. The van der Waals surface area contributed by atoms with E-state index in [0.29, 0.717) is 11.8 Å². The van der Waals surface area contributed by atoms with Gasteiger partial charge in [-0.2, -0.15) is 0 Å². The van der Waals surface area contributed by atoms with Gasteiger partial charge in [0.05, 0.1) is 11.5 Å². The first-order valence-corrected chi connectivity index (χ1v) is 5.98. The average molecular weight is 301 g/mol. The summed E-state index contributed by atoms with van der Waals surface area (Å²) in [7, 11) is 0. The summed E-state index contributed by atoms with van der Waals surface area (Å²) in [6.45, 7) is -0.232. The predicted molar refractivity (Wildman–Crippen MR) is 68.6 cm³/mol. The summed E-state index contributed by atoms with van der Waals surface area (Å²) >= 11 is 0. The van der Waals surface area contributed by atoms with Gasteiger partial charge in [0.15, 0.2) is 0 Å². The molecule has 0 saturated heterocycles. The zero-order valence-corrected chi connectivity index (χ0v) is 11.0. The van der Waals surface area contributed by atoms with E-state index in [9.17, 15) is 14.9 Å². The number of non-ortho nitro benzene ring substituents is 1. The summed E-state index contributed by atoms with van der Waals surface area (Å²) < 4.78 is 4.89. The second-order valence-corrected chi connectivity index (χ2v) is 4.11. The molecule has 1 rings (SSSR count). The maximum Gasteiger partial charge on any atom is 0.269 e. The minimum absolute atomic E-state index is 0.0175. The maximum absolute atomic E-state index is 10.5. The van der Waals surface area contributed by atoms with Crippen molar-refractivity contribution >= 4 is 12.0 Å². The molecule has 0 heterocycles. The SMILES string of the molecule is O=CCOCC(CC(OO)c1ccc([N+](=O)[O-])cc1)OO. The number of aldehydes is 1. The lowest BCUT2D eigenvalue weighted by Crippen LogP contribution is -2.23. The lowest BCUT2D eigenvalue weighted by atomic mass is 10.0. The molecule has 0 bridgehead atoms. The zero-order valence-electron chi connectivity index (χ0n) is 11.0. The summed E-state index contributed by atoms with van der Waals surface area (Å²) in [5.74, 6) is 0. The molecule has 0 amide bonds. The van der Waals surface area contributed by atoms with Crippen molar-refractivity contribution in [2.75, 3.05) is 13.2 Å². The molecular formula is C12H15NO8. The third kappa shape index (κ3) is 5.53. The molecule has 0 spiro atoms. The fourth-order valence-electron chi connectivity index (χ4n) is 1.68. The van der Waals surface area contributed by atoms with Crippen molar-refractivity contribution in [2.24, 2.45) is 0 Å². The van der Waals surface area contributed by atoms with Gasteiger partial charge in [-0.3, -0.25) is 20.6 Å². The molecule has 1 aromatic rings. The van der Waals surface area contributed by atoms with Gasteiger partial charge in [-0.15, -0.1) is 0 Å². The molecule has 2 atom stereocenters. The highest BCUT2D eigenvalue weighted by Gasteiger charge is 2.21. The normalized spacial score (nSPS) is 13.6. The highest BCUT2D eigenvalue weighted by Crippen LogP contribution is 2.25. The van der Waals surface area contributed by atoms with Crippen molar-refractivity contribution in [2.45, 2.75) is 18.6 Å². The minimum Gasteiger partial charge on any atom is -0.371 e. The number of benzene rings is 1. The van der Waals surface area contributed by atoms with E-state index in [1.165, 1.54) is 24.3 Å². The van der Waals surface area contributed by atoms with Gasteiger partial charge in [0, 0.05) is 18.6 Å². The van der Waals surface area contributed by atoms with Crippen LogP contribution in [0.3, 0.4) is 0 Å². The molecule has 116 valence electrons. The predicted octanol–water partition coefficient (Wildman–Crippen LogP) is 1.59. The molecule has 9 nitrogen and oxygen atoms in total. The number of nitro benzene ring substituents is 1. The third-order valence-electron chi connectivity index (χ3n) is 2.72. The molecule has 21 heavy (non-hydrogen) atoms. The van der Waals surface area contributed by atoms with Gasteiger partial charge < -0.3 is 9.53 Å². The van der Waals surface area contributed by atoms with Crippen LogP contribution in [0.5, 0.6) is 0 Å². The molecule has 2 unspecified atom stereocenters. The van der Waals surface area contributed by atoms with E-state index in [1.807, 2.05) is 0 Å². The maximum atomic E-state index is 10.5. The molecule has 0 radical (unpaired) electrons. The Morgan fingerprint density at radius 2 is 1.90 bits per heavy atom. The van der Waals surface area contributed by atoms with Crippen LogP contribution in [0.25, 0.3) is 0 Å². The largest absolute Gasteiger partial charge is 0.371 e. The zero-order chi connectivity index (χ0) is 15.7. The molecule has 9 heteroatoms. The Morgan fingerprint density at radius 1 is 1.24 bits per heavy atom. The van der Waals surface area contributed by atoms with Gasteiger partial charge >= 0.3 is 0 Å². The van der Waals surface area contributed by atoms with Crippen LogP contribution >= 0.6 is 0 Å². The Labute approximate surface area is 119 Å². The monoisotopic (exact) mass is 301 g/mol. The highest BCUT2D eigenvalue weighted by atomic mass is 17.1. The Kier molecular flexibility index (Phi) is 7.43. The number of ether oxygens (including phenoxy) is 1. The quantitative estimate of drug-likeness (QED) is 0.219. The molecule has 2 N–H and O–H groups in total. The summed E-state index contributed by atoms with van der Waals surface area (Å²) in [4.78, 5) is 28.6. The number of rotatable bonds is 10. The summed E-state index contributed by atoms with van der Waals surface area (Å²) in [5, 5.41) is 28.2. The minimum atomic E-state index is -0.872. The van der Waals surface area contributed by atoms with Crippen LogP contribution in [0, 0.1) is 10.1 Å². The molecule has 0 aliphatic rings. The fraction of sp³-hybridized carbons (Fsp3) is 0.417. The highest BCUT2D eigenvalue weighted by molar-refractivity contribution is 5.50. The van der Waals surface area contributed by atoms with Gasteiger partial charge in [-0.25, -0.2) is 9.78 Å². The van der Waals surface area contributed by atoms with Crippen molar-refractivity contribution < 1.29 is 34.7 Å². The van der Waals surface area contributed by atoms with Crippen LogP contribution in [-0.2, 0) is 19.3 Å². The first-order chi connectivity index (χ1) is 10.1. The molecule has 1 aromatic carbocycles. The van der Waals surface area contributed by atoms with E-state index in [-0.39, 0.29) is 25.3 Å². The van der Waals surface area contributed by atoms with Crippen molar-refractivity contribution in [3.8, 4) is 0 Å². The van der Waals surface area contributed by atoms with Crippen molar-refractivity contribution in [1.29, 1.82) is 0 Å². The number of carbonyl (C=O) groups is 1. The van der Waals surface area contributed by atoms with Gasteiger partial charge in [0.2, 0.25) is 0 Å². The summed E-state index contributed by atoms with van der Waals surface area (Å²) in [6.07, 6.45) is -1.14. The second-order valence-electron chi connectivity index (χ2n) is 4.11. The van der Waals surface area contributed by atoms with Gasteiger partial charge in [-0.05, 0) is 17.7 Å². The first-order valence-electron chi connectivity index (χ1n) is 5.98. The van der Waals surface area contributed by atoms with Crippen LogP contribution in [0.1, 0.15) is 18.1 Å². The number of nitro groups is 1. The summed E-state index contributed by atoms with van der Waals surface area (Å²) in [6, 6.07) is 5.36. The van der Waals surface area contributed by atoms with E-state index in [1.54, 1.807) is 0 Å². The van der Waals surface area contributed by atoms with Crippen LogP contribution in [-0.4, -0.2) is 41.0 Å². The molecular weight excluding hydrogens is 286 g/mol. The Bertz CT molecular complexity index is 449. The fourth-order valence-corrected chi connectivity index (χ4v) is 1.68. The standard InChI is InChI=1S/C12H15NO8/c14-5-6-19-8-11(20-17)7-12(21-18)9-1-3-10(4-2-9)13(15)16/h1-5,11-12,17-18H,6-8H2. The number of carbonyl (C=O) groups excluding carboxylic acids is 1. The number of hydrogen-bond donors (Lipinski definition) is 2. The number of nitrogens with zero attached hydrogens (tertiary/aromatic N) is 1. The van der Waals surface area contributed by atoms with E-state index in [2.05, 4.69) is 9.78 Å². The van der Waals surface area contributed by atoms with Crippen LogP contribution in [0.2, 0.25) is 0 Å². The molecule has 0 aliphatic carbocycles. The lowest BCUT2D eigenvalue weighted by Gasteiger charge is -2.19. The van der Waals surface area contributed by atoms with Crippen molar-refractivity contribution in [3.05, 3.63) is 39.9 Å². The van der Waals surface area contributed by atoms with E-state index >= 15 is 0 Å². The third-order valence-corrected chi connectivity index (χ3v) is 2.72. The molecule has 0 fully saturated rings. The van der Waals surface area contributed by atoms with E-state index < -0.39 is 17.1 Å². The lowest BCUT2D eigenvalue weighted by molar-refractivity contribution is -0.384. The second kappa shape index (κ2) is 9.10. The topological polar surface area (TPSA) is 128 Å². The van der Waals surface area contributed by atoms with E-state index in [0.717, 1.165) is 0 Å². The average Bonchev–Trinajstić information content (AvgIpc) is 2.51. The van der Waals surface area contributed by atoms with Crippen LogP contribution in [0.4, 0.5) is 5.69 Å². The number of hydrogen-bond acceptors (Lipinski definition) is 8. The van der Waals surface area contributed by atoms with Crippen LogP contribution < -0.4 is 0 Å². The molecule has 0 saturated carbocycles. The van der Waals surface area contributed by atoms with Gasteiger partial charge in [-0.1, -0.05) is 0 Å². The van der Waals surface area contributed by atoms with Crippen molar-refractivity contribution in [1.82, 2.24) is 0 Å².